The lowest BCUT2D eigenvalue weighted by atomic mass is 10.2. The van der Waals surface area contributed by atoms with Crippen LogP contribution in [0.1, 0.15) is 19.4 Å². The maximum absolute atomic E-state index is 12.0. The number of hydrogen-bond acceptors (Lipinski definition) is 8. The molecule has 0 aliphatic rings. The van der Waals surface area contributed by atoms with Gasteiger partial charge in [-0.3, -0.25) is 10.1 Å². The van der Waals surface area contributed by atoms with Crippen molar-refractivity contribution < 1.29 is 23.9 Å². The van der Waals surface area contributed by atoms with Crippen LogP contribution in [0.2, 0.25) is 0 Å². The molecule has 0 atom stereocenters. The Morgan fingerprint density at radius 3 is 2.41 bits per heavy atom. The summed E-state index contributed by atoms with van der Waals surface area (Å²) in [5.74, 6) is 1.69. The Kier molecular flexibility index (Phi) is 8.91. The van der Waals surface area contributed by atoms with Crippen molar-refractivity contribution in [2.24, 2.45) is 5.92 Å². The first-order valence-corrected chi connectivity index (χ1v) is 12.3. The number of pyridine rings is 1. The topological polar surface area (TPSA) is 125 Å². The van der Waals surface area contributed by atoms with E-state index in [2.05, 4.69) is 15.6 Å². The highest BCUT2D eigenvalue weighted by Gasteiger charge is 2.17. The fourth-order valence-electron chi connectivity index (χ4n) is 3.41. The number of nitro groups is 1. The van der Waals surface area contributed by atoms with Crippen molar-refractivity contribution >= 4 is 23.2 Å². The maximum Gasteiger partial charge on any atom is 0.412 e. The zero-order valence-corrected chi connectivity index (χ0v) is 21.5. The zero-order chi connectivity index (χ0) is 27.6. The number of carbonyl (C=O) groups excluding carboxylic acids is 1. The molecule has 3 aromatic carbocycles. The van der Waals surface area contributed by atoms with Gasteiger partial charge in [0.05, 0.1) is 4.92 Å². The van der Waals surface area contributed by atoms with E-state index in [-0.39, 0.29) is 28.9 Å². The Morgan fingerprint density at radius 2 is 1.69 bits per heavy atom. The van der Waals surface area contributed by atoms with E-state index in [0.29, 0.717) is 30.3 Å². The molecule has 1 aromatic heterocycles. The van der Waals surface area contributed by atoms with Crippen LogP contribution in [0, 0.1) is 16.0 Å². The Labute approximate surface area is 225 Å². The first-order chi connectivity index (χ1) is 18.9. The smallest absolute Gasteiger partial charge is 0.412 e. The number of hydrogen-bond donors (Lipinski definition) is 2. The quantitative estimate of drug-likeness (QED) is 0.160. The first kappa shape index (κ1) is 26.9. The molecule has 0 saturated carbocycles. The summed E-state index contributed by atoms with van der Waals surface area (Å²) >= 11 is 0. The van der Waals surface area contributed by atoms with Crippen LogP contribution in [0.15, 0.2) is 91.1 Å². The predicted molar refractivity (Wildman–Crippen MR) is 147 cm³/mol. The molecule has 1 heterocycles. The summed E-state index contributed by atoms with van der Waals surface area (Å²) in [4.78, 5) is 27.1. The van der Waals surface area contributed by atoms with Gasteiger partial charge in [0.1, 0.15) is 35.7 Å². The third kappa shape index (κ3) is 8.19. The monoisotopic (exact) mass is 528 g/mol. The lowest BCUT2D eigenvalue weighted by molar-refractivity contribution is -0.384. The van der Waals surface area contributed by atoms with Crippen molar-refractivity contribution in [1.82, 2.24) is 10.3 Å². The van der Waals surface area contributed by atoms with Gasteiger partial charge >= 0.3 is 11.8 Å². The van der Waals surface area contributed by atoms with E-state index in [0.717, 1.165) is 11.8 Å². The molecule has 0 radical (unpaired) electrons. The van der Waals surface area contributed by atoms with Gasteiger partial charge in [0.25, 0.3) is 0 Å². The number of benzene rings is 3. The van der Waals surface area contributed by atoms with Crippen LogP contribution >= 0.6 is 0 Å². The number of ether oxygens (including phenoxy) is 3. The van der Waals surface area contributed by atoms with Crippen LogP contribution < -0.4 is 24.8 Å². The number of carbonyl (C=O) groups is 1. The molecule has 2 N–H and O–H groups in total. The minimum Gasteiger partial charge on any atom is -0.489 e. The van der Waals surface area contributed by atoms with E-state index in [1.165, 1.54) is 12.1 Å². The number of nitrogens with zero attached hydrogens (tertiary/aromatic N) is 2. The third-order valence-corrected chi connectivity index (χ3v) is 5.33. The summed E-state index contributed by atoms with van der Waals surface area (Å²) in [7, 11) is 0. The van der Waals surface area contributed by atoms with Crippen LogP contribution in [0.4, 0.5) is 21.9 Å². The molecule has 10 nitrogen and oxygen atoms in total. The normalized spacial score (nSPS) is 10.5. The fourth-order valence-corrected chi connectivity index (χ4v) is 3.41. The van der Waals surface area contributed by atoms with Gasteiger partial charge in [-0.05, 0) is 47.9 Å². The third-order valence-electron chi connectivity index (χ3n) is 5.33. The van der Waals surface area contributed by atoms with Crippen LogP contribution in [-0.4, -0.2) is 22.5 Å². The Morgan fingerprint density at radius 1 is 0.949 bits per heavy atom. The summed E-state index contributed by atoms with van der Waals surface area (Å²) in [5.41, 5.74) is 1.64. The molecule has 0 spiro atoms. The lowest BCUT2D eigenvalue weighted by Gasteiger charge is -2.12. The molecule has 0 unspecified atom stereocenters. The number of aromatic nitrogens is 1. The molecule has 1 amide bonds. The molecule has 39 heavy (non-hydrogen) atoms. The van der Waals surface area contributed by atoms with E-state index in [4.69, 9.17) is 14.2 Å². The van der Waals surface area contributed by atoms with Gasteiger partial charge in [-0.1, -0.05) is 50.2 Å². The van der Waals surface area contributed by atoms with Gasteiger partial charge in [-0.2, -0.15) is 0 Å². The van der Waals surface area contributed by atoms with Crippen molar-refractivity contribution in [3.05, 3.63) is 107 Å². The number of anilines is 2. The standard InChI is InChI=1S/C29H28N4O6/c1-20(2)17-31-29(34)39-25-10-6-9-24(15-25)38-28-16-26(27(18-30-28)33(35)36)32-22-11-13-23(14-12-22)37-19-21-7-4-3-5-8-21/h3-16,18,20H,17,19H2,1-2H3,(H,30,32)(H,31,34). The van der Waals surface area contributed by atoms with Gasteiger partial charge in [-0.25, -0.2) is 9.78 Å². The van der Waals surface area contributed by atoms with Gasteiger partial charge in [-0.15, -0.1) is 0 Å². The Balaban J connectivity index is 1.43. The van der Waals surface area contributed by atoms with Gasteiger partial charge in [0, 0.05) is 24.4 Å². The number of amides is 1. The molecular weight excluding hydrogens is 500 g/mol. The van der Waals surface area contributed by atoms with Crippen molar-refractivity contribution in [3.8, 4) is 23.1 Å². The van der Waals surface area contributed by atoms with Crippen molar-refractivity contribution in [1.29, 1.82) is 0 Å². The molecule has 200 valence electrons. The zero-order valence-electron chi connectivity index (χ0n) is 21.5. The maximum atomic E-state index is 12.0. The average molecular weight is 529 g/mol. The highest BCUT2D eigenvalue weighted by atomic mass is 16.6. The molecule has 0 saturated heterocycles. The molecule has 10 heteroatoms. The SMILES string of the molecule is CC(C)CNC(=O)Oc1cccc(Oc2cc(Nc3ccc(OCc4ccccc4)cc3)c([N+](=O)[O-])cn2)c1. The number of nitrogens with one attached hydrogen (secondary N) is 2. The summed E-state index contributed by atoms with van der Waals surface area (Å²) in [6.07, 6.45) is 0.548. The van der Waals surface area contributed by atoms with Crippen LogP contribution in [0.3, 0.4) is 0 Å². The number of rotatable bonds is 11. The summed E-state index contributed by atoms with van der Waals surface area (Å²) < 4.78 is 16.9. The molecule has 0 fully saturated rings. The average Bonchev–Trinajstić information content (AvgIpc) is 2.92. The van der Waals surface area contributed by atoms with Gasteiger partial charge < -0.3 is 24.8 Å². The molecule has 0 bridgehead atoms. The largest absolute Gasteiger partial charge is 0.489 e. The summed E-state index contributed by atoms with van der Waals surface area (Å²) in [6.45, 7) is 4.87. The highest BCUT2D eigenvalue weighted by Crippen LogP contribution is 2.33. The first-order valence-electron chi connectivity index (χ1n) is 12.3. The molecule has 4 rings (SSSR count). The summed E-state index contributed by atoms with van der Waals surface area (Å²) in [5, 5.41) is 17.3. The van der Waals surface area contributed by atoms with Crippen LogP contribution in [0.5, 0.6) is 23.1 Å². The van der Waals surface area contributed by atoms with Gasteiger partial charge in [0.2, 0.25) is 5.88 Å². The highest BCUT2D eigenvalue weighted by molar-refractivity contribution is 5.71. The fraction of sp³-hybridized carbons (Fsp3) is 0.172. The Hall–Kier alpha value is -5.12. The van der Waals surface area contributed by atoms with Crippen molar-refractivity contribution in [2.75, 3.05) is 11.9 Å². The second-order valence-electron chi connectivity index (χ2n) is 8.96. The van der Waals surface area contributed by atoms with Crippen LogP contribution in [0.25, 0.3) is 0 Å². The van der Waals surface area contributed by atoms with Crippen molar-refractivity contribution in [2.45, 2.75) is 20.5 Å². The van der Waals surface area contributed by atoms with E-state index in [1.807, 2.05) is 44.2 Å². The Bertz CT molecular complexity index is 1410. The van der Waals surface area contributed by atoms with Crippen LogP contribution in [-0.2, 0) is 6.61 Å². The van der Waals surface area contributed by atoms with E-state index in [1.54, 1.807) is 42.5 Å². The van der Waals surface area contributed by atoms with E-state index in [9.17, 15) is 14.9 Å². The van der Waals surface area contributed by atoms with E-state index < -0.39 is 11.0 Å². The second kappa shape index (κ2) is 12.9. The minimum atomic E-state index is -0.572. The molecule has 0 aliphatic carbocycles. The van der Waals surface area contributed by atoms with Crippen molar-refractivity contribution in [3.63, 3.8) is 0 Å². The minimum absolute atomic E-state index is 0.118. The molecule has 0 aliphatic heterocycles. The predicted octanol–water partition coefficient (Wildman–Crippen LogP) is 6.85. The second-order valence-corrected chi connectivity index (χ2v) is 8.96. The van der Waals surface area contributed by atoms with Gasteiger partial charge in [0.15, 0.2) is 0 Å². The summed E-state index contributed by atoms with van der Waals surface area (Å²) in [6, 6.07) is 24.8. The van der Waals surface area contributed by atoms with E-state index >= 15 is 0 Å². The molecular formula is C29H28N4O6. The lowest BCUT2D eigenvalue weighted by Crippen LogP contribution is -2.30. The molecule has 4 aromatic rings.